The first-order chi connectivity index (χ1) is 9.41. The third-order valence-electron chi connectivity index (χ3n) is 3.14. The van der Waals surface area contributed by atoms with Gasteiger partial charge in [-0.1, -0.05) is 31.9 Å². The van der Waals surface area contributed by atoms with Crippen molar-refractivity contribution in [3.8, 4) is 0 Å². The Morgan fingerprint density at radius 1 is 1.30 bits per heavy atom. The van der Waals surface area contributed by atoms with Gasteiger partial charge in [-0.3, -0.25) is 4.79 Å². The molecule has 1 atom stereocenters. The quantitative estimate of drug-likeness (QED) is 0.592. The van der Waals surface area contributed by atoms with Gasteiger partial charge >= 0.3 is 0 Å². The molecule has 0 bridgehead atoms. The zero-order chi connectivity index (χ0) is 15.2. The number of nitrogen functional groups attached to an aromatic ring is 1. The van der Waals surface area contributed by atoms with E-state index in [1.54, 1.807) is 12.1 Å². The molecule has 0 aromatic heterocycles. The fourth-order valence-electron chi connectivity index (χ4n) is 1.80. The number of benzene rings is 1. The van der Waals surface area contributed by atoms with E-state index in [-0.39, 0.29) is 10.6 Å². The summed E-state index contributed by atoms with van der Waals surface area (Å²) in [5.41, 5.74) is 5.84. The summed E-state index contributed by atoms with van der Waals surface area (Å²) in [5.74, 6) is -0.482. The lowest BCUT2D eigenvalue weighted by Gasteiger charge is -2.14. The van der Waals surface area contributed by atoms with Gasteiger partial charge in [0.15, 0.2) is 9.84 Å². The van der Waals surface area contributed by atoms with Crippen molar-refractivity contribution in [2.75, 3.05) is 12.3 Å². The monoisotopic (exact) mass is 298 g/mol. The van der Waals surface area contributed by atoms with Crippen LogP contribution in [0.5, 0.6) is 0 Å². The molecule has 1 aromatic carbocycles. The van der Waals surface area contributed by atoms with E-state index in [2.05, 4.69) is 12.2 Å². The van der Waals surface area contributed by atoms with Crippen molar-refractivity contribution < 1.29 is 13.2 Å². The van der Waals surface area contributed by atoms with E-state index in [1.807, 2.05) is 0 Å². The summed E-state index contributed by atoms with van der Waals surface area (Å²) in [5, 5.41) is 1.51. The van der Waals surface area contributed by atoms with Crippen molar-refractivity contribution >= 4 is 21.4 Å². The molecule has 112 valence electrons. The van der Waals surface area contributed by atoms with Crippen LogP contribution in [0.25, 0.3) is 0 Å². The number of hydrogen-bond acceptors (Lipinski definition) is 4. The maximum atomic E-state index is 12.3. The average Bonchev–Trinajstić information content (AvgIpc) is 2.42. The van der Waals surface area contributed by atoms with Crippen molar-refractivity contribution in [3.05, 3.63) is 24.3 Å². The van der Waals surface area contributed by atoms with Crippen LogP contribution >= 0.6 is 0 Å². The Kier molecular flexibility index (Phi) is 6.01. The predicted molar refractivity (Wildman–Crippen MR) is 80.0 cm³/mol. The van der Waals surface area contributed by atoms with Gasteiger partial charge in [-0.25, -0.2) is 8.42 Å². The molecule has 0 aliphatic carbocycles. The van der Waals surface area contributed by atoms with Crippen LogP contribution in [-0.4, -0.2) is 26.1 Å². The van der Waals surface area contributed by atoms with Crippen molar-refractivity contribution in [2.24, 2.45) is 0 Å². The Morgan fingerprint density at radius 3 is 2.55 bits per heavy atom. The van der Waals surface area contributed by atoms with E-state index in [1.165, 1.54) is 19.1 Å². The lowest BCUT2D eigenvalue weighted by molar-refractivity contribution is -0.120. The van der Waals surface area contributed by atoms with Gasteiger partial charge in [0.2, 0.25) is 5.91 Å². The highest BCUT2D eigenvalue weighted by Crippen LogP contribution is 2.22. The number of rotatable bonds is 7. The van der Waals surface area contributed by atoms with E-state index < -0.39 is 21.0 Å². The zero-order valence-corrected chi connectivity index (χ0v) is 12.7. The van der Waals surface area contributed by atoms with Gasteiger partial charge in [0, 0.05) is 6.54 Å². The maximum Gasteiger partial charge on any atom is 0.238 e. The first-order valence-electron chi connectivity index (χ1n) is 6.77. The number of carbonyl (C=O) groups is 1. The molecule has 20 heavy (non-hydrogen) atoms. The summed E-state index contributed by atoms with van der Waals surface area (Å²) >= 11 is 0. The molecule has 1 amide bonds. The third-order valence-corrected chi connectivity index (χ3v) is 5.27. The number of hydrogen-bond donors (Lipinski definition) is 2. The molecule has 0 aliphatic rings. The number of nitrogens with one attached hydrogen (secondary N) is 1. The van der Waals surface area contributed by atoms with Gasteiger partial charge < -0.3 is 11.1 Å². The summed E-state index contributed by atoms with van der Waals surface area (Å²) in [6, 6.07) is 6.18. The van der Waals surface area contributed by atoms with Crippen LogP contribution in [-0.2, 0) is 14.6 Å². The fraction of sp³-hybridized carbons (Fsp3) is 0.500. The Morgan fingerprint density at radius 2 is 1.95 bits per heavy atom. The summed E-state index contributed by atoms with van der Waals surface area (Å²) < 4.78 is 24.7. The second kappa shape index (κ2) is 7.28. The van der Waals surface area contributed by atoms with E-state index in [9.17, 15) is 13.2 Å². The number of nitrogens with two attached hydrogens (primary N) is 1. The van der Waals surface area contributed by atoms with E-state index in [4.69, 9.17) is 5.73 Å². The second-order valence-electron chi connectivity index (χ2n) is 4.72. The molecule has 0 saturated carbocycles. The second-order valence-corrected chi connectivity index (χ2v) is 6.96. The molecular formula is C14H22N2O3S. The molecule has 1 aromatic rings. The highest BCUT2D eigenvalue weighted by atomic mass is 32.2. The standard InChI is InChI=1S/C14H22N2O3S/c1-3-4-7-10-16-14(17)11(2)20(18,19)13-9-6-5-8-12(13)15/h5-6,8-9,11H,3-4,7,10,15H2,1-2H3,(H,16,17). The Balaban J connectivity index is 2.77. The summed E-state index contributed by atoms with van der Waals surface area (Å²) in [6.45, 7) is 3.95. The third kappa shape index (κ3) is 3.96. The van der Waals surface area contributed by atoms with Crippen LogP contribution in [0.2, 0.25) is 0 Å². The smallest absolute Gasteiger partial charge is 0.238 e. The first-order valence-corrected chi connectivity index (χ1v) is 8.32. The molecule has 0 saturated heterocycles. The Hall–Kier alpha value is -1.56. The molecule has 3 N–H and O–H groups in total. The van der Waals surface area contributed by atoms with Gasteiger partial charge in [-0.05, 0) is 25.5 Å². The maximum absolute atomic E-state index is 12.3. The number of sulfone groups is 1. The summed E-state index contributed by atoms with van der Waals surface area (Å²) in [6.07, 6.45) is 2.90. The van der Waals surface area contributed by atoms with Crippen LogP contribution in [0.1, 0.15) is 33.1 Å². The first kappa shape index (κ1) is 16.5. The van der Waals surface area contributed by atoms with Crippen LogP contribution in [0, 0.1) is 0 Å². The van der Waals surface area contributed by atoms with Crippen molar-refractivity contribution in [3.63, 3.8) is 0 Å². The van der Waals surface area contributed by atoms with E-state index in [0.717, 1.165) is 19.3 Å². The number of amides is 1. The largest absolute Gasteiger partial charge is 0.398 e. The minimum Gasteiger partial charge on any atom is -0.398 e. The summed E-state index contributed by atoms with van der Waals surface area (Å²) in [4.78, 5) is 11.9. The minimum atomic E-state index is -3.75. The molecular weight excluding hydrogens is 276 g/mol. The lowest BCUT2D eigenvalue weighted by Crippen LogP contribution is -2.38. The number of carbonyl (C=O) groups excluding carboxylic acids is 1. The van der Waals surface area contributed by atoms with Crippen molar-refractivity contribution in [2.45, 2.75) is 43.3 Å². The predicted octanol–water partition coefficient (Wildman–Crippen LogP) is 1.74. The van der Waals surface area contributed by atoms with Crippen LogP contribution in [0.3, 0.4) is 0 Å². The lowest BCUT2D eigenvalue weighted by atomic mass is 10.2. The Labute approximate surface area is 120 Å². The molecule has 0 spiro atoms. The van der Waals surface area contributed by atoms with Gasteiger partial charge in [-0.2, -0.15) is 0 Å². The van der Waals surface area contributed by atoms with Crippen LogP contribution in [0.4, 0.5) is 5.69 Å². The highest BCUT2D eigenvalue weighted by Gasteiger charge is 2.30. The topological polar surface area (TPSA) is 89.3 Å². The molecule has 0 heterocycles. The molecule has 0 aliphatic heterocycles. The molecule has 5 nitrogen and oxygen atoms in total. The number of unbranched alkanes of at least 4 members (excludes halogenated alkanes) is 2. The van der Waals surface area contributed by atoms with E-state index >= 15 is 0 Å². The number of anilines is 1. The Bertz CT molecular complexity index is 555. The van der Waals surface area contributed by atoms with Gasteiger partial charge in [-0.15, -0.1) is 0 Å². The van der Waals surface area contributed by atoms with Gasteiger partial charge in [0.25, 0.3) is 0 Å². The fourth-order valence-corrected chi connectivity index (χ4v) is 3.21. The molecule has 1 unspecified atom stereocenters. The van der Waals surface area contributed by atoms with Gasteiger partial charge in [0.1, 0.15) is 5.25 Å². The normalized spacial score (nSPS) is 12.9. The minimum absolute atomic E-state index is 0.0104. The van der Waals surface area contributed by atoms with E-state index in [0.29, 0.717) is 6.54 Å². The van der Waals surface area contributed by atoms with Crippen LogP contribution < -0.4 is 11.1 Å². The molecule has 6 heteroatoms. The van der Waals surface area contributed by atoms with Crippen LogP contribution in [0.15, 0.2) is 29.2 Å². The van der Waals surface area contributed by atoms with Crippen molar-refractivity contribution in [1.29, 1.82) is 0 Å². The SMILES string of the molecule is CCCCCNC(=O)C(C)S(=O)(=O)c1ccccc1N. The van der Waals surface area contributed by atoms with Crippen molar-refractivity contribution in [1.82, 2.24) is 5.32 Å². The molecule has 0 radical (unpaired) electrons. The molecule has 0 fully saturated rings. The zero-order valence-electron chi connectivity index (χ0n) is 11.9. The number of para-hydroxylation sites is 1. The molecule has 1 rings (SSSR count). The van der Waals surface area contributed by atoms with Gasteiger partial charge in [0.05, 0.1) is 10.6 Å². The summed E-state index contributed by atoms with van der Waals surface area (Å²) in [7, 11) is -3.75. The average molecular weight is 298 g/mol. The highest BCUT2D eigenvalue weighted by molar-refractivity contribution is 7.93.